The Labute approximate surface area is 133 Å². The molecule has 1 saturated heterocycles. The lowest BCUT2D eigenvalue weighted by Crippen LogP contribution is -2.48. The second kappa shape index (κ2) is 7.07. The summed E-state index contributed by atoms with van der Waals surface area (Å²) in [5, 5.41) is 0. The van der Waals surface area contributed by atoms with E-state index in [1.165, 1.54) is 6.42 Å². The summed E-state index contributed by atoms with van der Waals surface area (Å²) in [5.41, 5.74) is 2.98. The van der Waals surface area contributed by atoms with Crippen molar-refractivity contribution in [2.24, 2.45) is 0 Å². The highest BCUT2D eigenvalue weighted by molar-refractivity contribution is 5.68. The molecule has 1 amide bonds. The van der Waals surface area contributed by atoms with Crippen molar-refractivity contribution in [3.63, 3.8) is 0 Å². The predicted molar refractivity (Wildman–Crippen MR) is 88.5 cm³/mol. The fourth-order valence-electron chi connectivity index (χ4n) is 2.94. The Bertz CT molecular complexity index is 465. The molecule has 124 valence electrons. The molecule has 22 heavy (non-hydrogen) atoms. The number of hydrogen-bond acceptors (Lipinski definition) is 3. The summed E-state index contributed by atoms with van der Waals surface area (Å²) in [5.74, 6) is 0. The summed E-state index contributed by atoms with van der Waals surface area (Å²) in [7, 11) is 0. The zero-order chi connectivity index (χ0) is 16.2. The third-order valence-corrected chi connectivity index (χ3v) is 3.85. The second-order valence-electron chi connectivity index (χ2n) is 7.18. The quantitative estimate of drug-likeness (QED) is 0.924. The van der Waals surface area contributed by atoms with Crippen molar-refractivity contribution in [1.82, 2.24) is 9.58 Å². The Morgan fingerprint density at radius 3 is 2.64 bits per heavy atom. The van der Waals surface area contributed by atoms with E-state index >= 15 is 0 Å². The molecular weight excluding hydrogens is 278 g/mol. The maximum Gasteiger partial charge on any atom is 0.410 e. The van der Waals surface area contributed by atoms with E-state index in [-0.39, 0.29) is 12.1 Å². The number of carbonyl (C=O) groups is 1. The largest absolute Gasteiger partial charge is 0.444 e. The molecule has 1 aromatic heterocycles. The van der Waals surface area contributed by atoms with Gasteiger partial charge < -0.3 is 15.1 Å². The molecular formula is C17H29N3O2. The van der Waals surface area contributed by atoms with Gasteiger partial charge in [-0.05, 0) is 65.5 Å². The number of aromatic nitrogens is 1. The van der Waals surface area contributed by atoms with E-state index in [1.807, 2.05) is 54.9 Å². The molecule has 5 heteroatoms. The van der Waals surface area contributed by atoms with Gasteiger partial charge in [0.15, 0.2) is 0 Å². The average molecular weight is 307 g/mol. The number of carbonyl (C=O) groups excluding carboxylic acids is 1. The first kappa shape index (κ1) is 16.7. The van der Waals surface area contributed by atoms with Crippen molar-refractivity contribution in [3.8, 4) is 0 Å². The van der Waals surface area contributed by atoms with Crippen LogP contribution in [-0.4, -0.2) is 39.9 Å². The van der Waals surface area contributed by atoms with Crippen LogP contribution in [0.15, 0.2) is 24.5 Å². The van der Waals surface area contributed by atoms with Crippen molar-refractivity contribution in [2.45, 2.75) is 71.1 Å². The van der Waals surface area contributed by atoms with Crippen LogP contribution in [0.1, 0.15) is 53.4 Å². The minimum atomic E-state index is -0.436. The maximum absolute atomic E-state index is 12.4. The van der Waals surface area contributed by atoms with Crippen LogP contribution in [-0.2, 0) is 4.74 Å². The minimum absolute atomic E-state index is 0.176. The molecule has 0 spiro atoms. The maximum atomic E-state index is 12.4. The molecule has 1 aliphatic heterocycles. The van der Waals surface area contributed by atoms with Crippen molar-refractivity contribution in [2.75, 3.05) is 12.0 Å². The SMILES string of the molecule is CC(CC1CCCCN1C(=O)OC(C)(C)C)Nn1cccc1. The normalized spacial score (nSPS) is 20.5. The molecule has 1 fully saturated rings. The highest BCUT2D eigenvalue weighted by Gasteiger charge is 2.31. The van der Waals surface area contributed by atoms with Gasteiger partial charge in [0.1, 0.15) is 5.60 Å². The van der Waals surface area contributed by atoms with Crippen LogP contribution in [0.2, 0.25) is 0 Å². The number of rotatable bonds is 4. The van der Waals surface area contributed by atoms with Gasteiger partial charge in [0.05, 0.1) is 0 Å². The van der Waals surface area contributed by atoms with Crippen LogP contribution in [0.25, 0.3) is 0 Å². The Hall–Kier alpha value is -1.65. The fraction of sp³-hybridized carbons (Fsp3) is 0.706. The van der Waals surface area contributed by atoms with Crippen LogP contribution >= 0.6 is 0 Å². The first-order valence-electron chi connectivity index (χ1n) is 8.24. The van der Waals surface area contributed by atoms with Gasteiger partial charge in [-0.15, -0.1) is 0 Å². The van der Waals surface area contributed by atoms with Crippen LogP contribution in [0.4, 0.5) is 4.79 Å². The van der Waals surface area contributed by atoms with Crippen LogP contribution < -0.4 is 5.43 Å². The summed E-state index contributed by atoms with van der Waals surface area (Å²) in [6.45, 7) is 8.71. The zero-order valence-corrected chi connectivity index (χ0v) is 14.2. The van der Waals surface area contributed by atoms with Crippen molar-refractivity contribution >= 4 is 6.09 Å². The van der Waals surface area contributed by atoms with Gasteiger partial charge in [-0.25, -0.2) is 4.79 Å². The van der Waals surface area contributed by atoms with Crippen LogP contribution in [0.5, 0.6) is 0 Å². The van der Waals surface area contributed by atoms with Crippen molar-refractivity contribution in [1.29, 1.82) is 0 Å². The minimum Gasteiger partial charge on any atom is -0.444 e. The average Bonchev–Trinajstić information content (AvgIpc) is 2.90. The molecule has 0 aromatic carbocycles. The highest BCUT2D eigenvalue weighted by Crippen LogP contribution is 2.23. The van der Waals surface area contributed by atoms with E-state index in [1.54, 1.807) is 0 Å². The molecule has 1 aliphatic rings. The molecule has 0 saturated carbocycles. The molecule has 1 aromatic rings. The smallest absolute Gasteiger partial charge is 0.410 e. The molecule has 5 nitrogen and oxygen atoms in total. The number of ether oxygens (including phenoxy) is 1. The van der Waals surface area contributed by atoms with E-state index in [2.05, 4.69) is 12.3 Å². The molecule has 0 bridgehead atoms. The lowest BCUT2D eigenvalue weighted by molar-refractivity contribution is 0.00841. The Kier molecular flexibility index (Phi) is 5.37. The zero-order valence-electron chi connectivity index (χ0n) is 14.2. The van der Waals surface area contributed by atoms with Gasteiger partial charge in [0.25, 0.3) is 0 Å². The number of piperidine rings is 1. The first-order valence-corrected chi connectivity index (χ1v) is 8.24. The second-order valence-corrected chi connectivity index (χ2v) is 7.18. The Morgan fingerprint density at radius 1 is 1.32 bits per heavy atom. The lowest BCUT2D eigenvalue weighted by Gasteiger charge is -2.38. The molecule has 2 unspecified atom stereocenters. The Morgan fingerprint density at radius 2 is 2.00 bits per heavy atom. The summed E-state index contributed by atoms with van der Waals surface area (Å²) in [6.07, 6.45) is 8.03. The number of amides is 1. The Balaban J connectivity index is 1.92. The van der Waals surface area contributed by atoms with Gasteiger partial charge in [-0.3, -0.25) is 4.68 Å². The molecule has 2 atom stereocenters. The van der Waals surface area contributed by atoms with Gasteiger partial charge in [0, 0.05) is 31.0 Å². The number of nitrogens with zero attached hydrogens (tertiary/aromatic N) is 2. The molecule has 2 heterocycles. The molecule has 1 N–H and O–H groups in total. The van der Waals surface area contributed by atoms with E-state index < -0.39 is 5.60 Å². The van der Waals surface area contributed by atoms with Crippen molar-refractivity contribution < 1.29 is 9.53 Å². The summed E-state index contributed by atoms with van der Waals surface area (Å²) < 4.78 is 7.52. The summed E-state index contributed by atoms with van der Waals surface area (Å²) in [4.78, 5) is 14.3. The van der Waals surface area contributed by atoms with E-state index in [9.17, 15) is 4.79 Å². The monoisotopic (exact) mass is 307 g/mol. The molecule has 0 aliphatic carbocycles. The third kappa shape index (κ3) is 4.97. The lowest BCUT2D eigenvalue weighted by atomic mass is 9.97. The van der Waals surface area contributed by atoms with Gasteiger partial charge in [0.2, 0.25) is 0 Å². The van der Waals surface area contributed by atoms with Gasteiger partial charge in [-0.2, -0.15) is 0 Å². The van der Waals surface area contributed by atoms with Crippen LogP contribution in [0, 0.1) is 0 Å². The fourth-order valence-corrected chi connectivity index (χ4v) is 2.94. The summed E-state index contributed by atoms with van der Waals surface area (Å²) in [6, 6.07) is 4.53. The summed E-state index contributed by atoms with van der Waals surface area (Å²) >= 11 is 0. The predicted octanol–water partition coefficient (Wildman–Crippen LogP) is 3.60. The standard InChI is InChI=1S/C17H29N3O2/c1-14(18-19-10-7-8-11-19)13-15-9-5-6-12-20(15)16(21)22-17(2,3)4/h7-8,10-11,14-15,18H,5-6,9,12-13H2,1-4H3. The highest BCUT2D eigenvalue weighted by atomic mass is 16.6. The van der Waals surface area contributed by atoms with Crippen LogP contribution in [0.3, 0.4) is 0 Å². The van der Waals surface area contributed by atoms with E-state index in [4.69, 9.17) is 4.74 Å². The van der Waals surface area contributed by atoms with Gasteiger partial charge >= 0.3 is 6.09 Å². The number of nitrogens with one attached hydrogen (secondary N) is 1. The van der Waals surface area contributed by atoms with Crippen molar-refractivity contribution in [3.05, 3.63) is 24.5 Å². The van der Waals surface area contributed by atoms with E-state index in [0.29, 0.717) is 6.04 Å². The number of hydrogen-bond donors (Lipinski definition) is 1. The molecule has 0 radical (unpaired) electrons. The topological polar surface area (TPSA) is 46.5 Å². The number of likely N-dealkylation sites (tertiary alicyclic amines) is 1. The third-order valence-electron chi connectivity index (χ3n) is 3.85. The van der Waals surface area contributed by atoms with E-state index in [0.717, 1.165) is 25.8 Å². The first-order chi connectivity index (χ1) is 10.3. The molecule has 2 rings (SSSR count). The van der Waals surface area contributed by atoms with Gasteiger partial charge in [-0.1, -0.05) is 0 Å².